The van der Waals surface area contributed by atoms with Crippen molar-refractivity contribution in [1.82, 2.24) is 10.6 Å². The van der Waals surface area contributed by atoms with E-state index in [0.717, 1.165) is 12.1 Å². The monoisotopic (exact) mass is 343 g/mol. The van der Waals surface area contributed by atoms with Gasteiger partial charge in [0.05, 0.1) is 5.02 Å². The predicted octanol–water partition coefficient (Wildman–Crippen LogP) is 2.22. The number of hydrogen-bond donors (Lipinski definition) is 3. The third-order valence-electron chi connectivity index (χ3n) is 3.64. The number of amides is 2. The van der Waals surface area contributed by atoms with Crippen molar-refractivity contribution in [2.45, 2.75) is 25.3 Å². The summed E-state index contributed by atoms with van der Waals surface area (Å²) in [6.07, 6.45) is 1.18. The van der Waals surface area contributed by atoms with Crippen molar-refractivity contribution in [2.24, 2.45) is 0 Å². The van der Waals surface area contributed by atoms with Gasteiger partial charge >= 0.3 is 12.0 Å². The molecule has 1 unspecified atom stereocenters. The normalized spacial score (nSPS) is 17.1. The molecule has 1 aromatic carbocycles. The smallest absolute Gasteiger partial charge is 0.315 e. The van der Waals surface area contributed by atoms with E-state index in [0.29, 0.717) is 26.1 Å². The van der Waals surface area contributed by atoms with E-state index in [1.54, 1.807) is 6.07 Å². The van der Waals surface area contributed by atoms with Crippen LogP contribution in [0.15, 0.2) is 18.2 Å². The van der Waals surface area contributed by atoms with E-state index in [-0.39, 0.29) is 23.5 Å². The Bertz CT molecular complexity index is 585. The third kappa shape index (κ3) is 5.28. The molecule has 6 nitrogen and oxygen atoms in total. The third-order valence-corrected chi connectivity index (χ3v) is 3.95. The van der Waals surface area contributed by atoms with Gasteiger partial charge < -0.3 is 20.6 Å². The van der Waals surface area contributed by atoms with Crippen LogP contribution in [-0.2, 0) is 4.79 Å². The number of hydrogen-bond acceptors (Lipinski definition) is 3. The van der Waals surface area contributed by atoms with E-state index >= 15 is 0 Å². The molecule has 2 rings (SSSR count). The van der Waals surface area contributed by atoms with Gasteiger partial charge in [-0.25, -0.2) is 9.18 Å². The van der Waals surface area contributed by atoms with Gasteiger partial charge in [0.1, 0.15) is 5.82 Å². The number of aliphatic carboxylic acids is 1. The lowest BCUT2D eigenvalue weighted by atomic mass is 10.2. The molecule has 126 valence electrons. The first kappa shape index (κ1) is 17.3. The van der Waals surface area contributed by atoms with Crippen molar-refractivity contribution in [3.8, 4) is 0 Å². The summed E-state index contributed by atoms with van der Waals surface area (Å²) in [6, 6.07) is 4.30. The molecular weight excluding hydrogens is 325 g/mol. The SMILES string of the molecule is O=C(O)CCCNC(=O)NC1CCN(c2ccc(Cl)c(F)c2)C1. The summed E-state index contributed by atoms with van der Waals surface area (Å²) >= 11 is 5.67. The van der Waals surface area contributed by atoms with Crippen molar-refractivity contribution in [2.75, 3.05) is 24.5 Å². The average Bonchev–Trinajstić information content (AvgIpc) is 2.95. The number of halogens is 2. The van der Waals surface area contributed by atoms with E-state index in [4.69, 9.17) is 16.7 Å². The summed E-state index contributed by atoms with van der Waals surface area (Å²) in [6.45, 7) is 1.62. The number of carboxylic acids is 1. The zero-order chi connectivity index (χ0) is 16.8. The van der Waals surface area contributed by atoms with Gasteiger partial charge in [0.25, 0.3) is 0 Å². The van der Waals surface area contributed by atoms with E-state index in [1.807, 2.05) is 4.90 Å². The Hall–Kier alpha value is -2.02. The number of anilines is 1. The maximum atomic E-state index is 13.5. The van der Waals surface area contributed by atoms with Crippen LogP contribution in [0.2, 0.25) is 5.02 Å². The molecule has 1 atom stereocenters. The molecule has 1 aliphatic rings. The molecule has 1 aromatic rings. The lowest BCUT2D eigenvalue weighted by Gasteiger charge is -2.19. The highest BCUT2D eigenvalue weighted by Gasteiger charge is 2.24. The molecule has 0 aromatic heterocycles. The van der Waals surface area contributed by atoms with Gasteiger partial charge in [-0.1, -0.05) is 11.6 Å². The van der Waals surface area contributed by atoms with Crippen LogP contribution < -0.4 is 15.5 Å². The highest BCUT2D eigenvalue weighted by atomic mass is 35.5. The summed E-state index contributed by atoms with van der Waals surface area (Å²) in [7, 11) is 0. The summed E-state index contributed by atoms with van der Waals surface area (Å²) in [4.78, 5) is 24.1. The Labute approximate surface area is 138 Å². The number of carboxylic acid groups (broad SMARTS) is 1. The maximum Gasteiger partial charge on any atom is 0.315 e. The summed E-state index contributed by atoms with van der Waals surface area (Å²) in [5.41, 5.74) is 0.734. The molecule has 0 bridgehead atoms. The van der Waals surface area contributed by atoms with Crippen LogP contribution in [0.25, 0.3) is 0 Å². The van der Waals surface area contributed by atoms with Crippen LogP contribution in [0, 0.1) is 5.82 Å². The minimum atomic E-state index is -0.881. The topological polar surface area (TPSA) is 81.7 Å². The second kappa shape index (κ2) is 8.01. The fourth-order valence-corrected chi connectivity index (χ4v) is 2.59. The first-order chi connectivity index (χ1) is 11.0. The number of nitrogens with one attached hydrogen (secondary N) is 2. The van der Waals surface area contributed by atoms with Crippen LogP contribution in [0.4, 0.5) is 14.9 Å². The predicted molar refractivity (Wildman–Crippen MR) is 85.4 cm³/mol. The summed E-state index contributed by atoms with van der Waals surface area (Å²) in [5.74, 6) is -1.34. The molecule has 8 heteroatoms. The Morgan fingerprint density at radius 3 is 2.91 bits per heavy atom. The van der Waals surface area contributed by atoms with E-state index < -0.39 is 11.8 Å². The molecule has 1 aliphatic heterocycles. The van der Waals surface area contributed by atoms with Crippen LogP contribution >= 0.6 is 11.6 Å². The number of urea groups is 1. The Balaban J connectivity index is 1.75. The summed E-state index contributed by atoms with van der Waals surface area (Å²) in [5, 5.41) is 14.1. The fourth-order valence-electron chi connectivity index (χ4n) is 2.47. The van der Waals surface area contributed by atoms with E-state index in [9.17, 15) is 14.0 Å². The van der Waals surface area contributed by atoms with Gasteiger partial charge in [0, 0.05) is 37.8 Å². The highest BCUT2D eigenvalue weighted by Crippen LogP contribution is 2.24. The van der Waals surface area contributed by atoms with Gasteiger partial charge in [-0.15, -0.1) is 0 Å². The van der Waals surface area contributed by atoms with E-state index in [2.05, 4.69) is 10.6 Å². The molecule has 1 saturated heterocycles. The first-order valence-electron chi connectivity index (χ1n) is 7.42. The second-order valence-corrected chi connectivity index (χ2v) is 5.83. The second-order valence-electron chi connectivity index (χ2n) is 5.43. The molecule has 3 N–H and O–H groups in total. The summed E-state index contributed by atoms with van der Waals surface area (Å²) < 4.78 is 13.5. The lowest BCUT2D eigenvalue weighted by Crippen LogP contribution is -2.43. The number of nitrogens with zero attached hydrogens (tertiary/aromatic N) is 1. The van der Waals surface area contributed by atoms with Gasteiger partial charge in [-0.3, -0.25) is 4.79 Å². The lowest BCUT2D eigenvalue weighted by molar-refractivity contribution is -0.137. The van der Waals surface area contributed by atoms with Crippen LogP contribution in [0.1, 0.15) is 19.3 Å². The van der Waals surface area contributed by atoms with Crippen molar-refractivity contribution >= 4 is 29.3 Å². The average molecular weight is 344 g/mol. The van der Waals surface area contributed by atoms with Crippen molar-refractivity contribution < 1.29 is 19.1 Å². The zero-order valence-electron chi connectivity index (χ0n) is 12.5. The zero-order valence-corrected chi connectivity index (χ0v) is 13.3. The van der Waals surface area contributed by atoms with Crippen LogP contribution in [-0.4, -0.2) is 42.8 Å². The Kier molecular flexibility index (Phi) is 6.04. The minimum Gasteiger partial charge on any atom is -0.481 e. The standard InChI is InChI=1S/C15H19ClFN3O3/c16-12-4-3-11(8-13(12)17)20-7-5-10(9-20)19-15(23)18-6-1-2-14(21)22/h3-4,8,10H,1-2,5-7,9H2,(H,21,22)(H2,18,19,23). The number of rotatable bonds is 6. The molecule has 0 radical (unpaired) electrons. The number of carbonyl (C=O) groups excluding carboxylic acids is 1. The molecule has 0 spiro atoms. The van der Waals surface area contributed by atoms with Gasteiger partial charge in [-0.2, -0.15) is 0 Å². The molecule has 23 heavy (non-hydrogen) atoms. The fraction of sp³-hybridized carbons (Fsp3) is 0.467. The molecule has 1 fully saturated rings. The van der Waals surface area contributed by atoms with Crippen molar-refractivity contribution in [3.63, 3.8) is 0 Å². The molecule has 0 saturated carbocycles. The van der Waals surface area contributed by atoms with E-state index in [1.165, 1.54) is 12.1 Å². The molecule has 2 amide bonds. The van der Waals surface area contributed by atoms with Gasteiger partial charge in [0.15, 0.2) is 0 Å². The van der Waals surface area contributed by atoms with Crippen LogP contribution in [0.5, 0.6) is 0 Å². The number of benzene rings is 1. The number of carbonyl (C=O) groups is 2. The van der Waals surface area contributed by atoms with Crippen molar-refractivity contribution in [3.05, 3.63) is 29.0 Å². The molecule has 1 heterocycles. The Morgan fingerprint density at radius 2 is 2.22 bits per heavy atom. The quantitative estimate of drug-likeness (QED) is 0.692. The van der Waals surface area contributed by atoms with Crippen LogP contribution in [0.3, 0.4) is 0 Å². The minimum absolute atomic E-state index is 0.0274. The van der Waals surface area contributed by atoms with Gasteiger partial charge in [-0.05, 0) is 31.0 Å². The van der Waals surface area contributed by atoms with Crippen molar-refractivity contribution in [1.29, 1.82) is 0 Å². The highest BCUT2D eigenvalue weighted by molar-refractivity contribution is 6.30. The molecule has 0 aliphatic carbocycles. The Morgan fingerprint density at radius 1 is 1.43 bits per heavy atom. The molecular formula is C15H19ClFN3O3. The largest absolute Gasteiger partial charge is 0.481 e. The van der Waals surface area contributed by atoms with Gasteiger partial charge in [0.2, 0.25) is 0 Å². The first-order valence-corrected chi connectivity index (χ1v) is 7.79. The maximum absolute atomic E-state index is 13.5.